The number of ether oxygens (including phenoxy) is 1. The van der Waals surface area contributed by atoms with Crippen LogP contribution in [-0.4, -0.2) is 71.3 Å². The predicted octanol–water partition coefficient (Wildman–Crippen LogP) is -1.25. The lowest BCUT2D eigenvalue weighted by Gasteiger charge is -2.16. The Morgan fingerprint density at radius 2 is 2.09 bits per heavy atom. The summed E-state index contributed by atoms with van der Waals surface area (Å²) in [6.07, 6.45) is -0.690. The molecule has 1 aliphatic rings. The Morgan fingerprint density at radius 3 is 2.86 bits per heavy atom. The summed E-state index contributed by atoms with van der Waals surface area (Å²) in [7, 11) is 0. The van der Waals surface area contributed by atoms with Gasteiger partial charge in [0.25, 0.3) is 0 Å². The van der Waals surface area contributed by atoms with E-state index in [1.165, 1.54) is 29.0 Å². The fourth-order valence-electron chi connectivity index (χ4n) is 2.42. The summed E-state index contributed by atoms with van der Waals surface area (Å²) in [6, 6.07) is 0. The second kappa shape index (κ2) is 6.34. The van der Waals surface area contributed by atoms with E-state index in [1.807, 2.05) is 0 Å². The SMILES string of the molecule is Nc1ncnc2c1ncn2[C@@H]1O[C@H](CSCCO)[C@H](O)[C@H]1O. The quantitative estimate of drug-likeness (QED) is 0.496. The van der Waals surface area contributed by atoms with E-state index in [1.54, 1.807) is 0 Å². The molecule has 4 atom stereocenters. The fraction of sp³-hybridized carbons (Fsp3) is 0.583. The zero-order valence-electron chi connectivity index (χ0n) is 11.6. The zero-order valence-corrected chi connectivity index (χ0v) is 12.4. The van der Waals surface area contributed by atoms with E-state index in [9.17, 15) is 10.2 Å². The molecular formula is C12H17N5O4S. The van der Waals surface area contributed by atoms with Crippen LogP contribution >= 0.6 is 11.8 Å². The number of aliphatic hydroxyl groups excluding tert-OH is 3. The topological polar surface area (TPSA) is 140 Å². The maximum Gasteiger partial charge on any atom is 0.167 e. The maximum atomic E-state index is 10.2. The van der Waals surface area contributed by atoms with Crippen LogP contribution in [0.2, 0.25) is 0 Å². The Morgan fingerprint density at radius 1 is 1.27 bits per heavy atom. The first-order valence-electron chi connectivity index (χ1n) is 6.76. The van der Waals surface area contributed by atoms with Crippen molar-refractivity contribution >= 4 is 28.7 Å². The van der Waals surface area contributed by atoms with Crippen molar-refractivity contribution in [2.45, 2.75) is 24.5 Å². The third kappa shape index (κ3) is 2.63. The van der Waals surface area contributed by atoms with Crippen LogP contribution in [0.25, 0.3) is 11.2 Å². The zero-order chi connectivity index (χ0) is 15.7. The van der Waals surface area contributed by atoms with Crippen LogP contribution in [-0.2, 0) is 4.74 Å². The van der Waals surface area contributed by atoms with E-state index in [2.05, 4.69) is 15.0 Å². The number of nitrogens with two attached hydrogens (primary N) is 1. The van der Waals surface area contributed by atoms with E-state index in [0.717, 1.165) is 0 Å². The average Bonchev–Trinajstić information content (AvgIpc) is 3.05. The van der Waals surface area contributed by atoms with Gasteiger partial charge in [0.15, 0.2) is 17.7 Å². The molecule has 0 unspecified atom stereocenters. The van der Waals surface area contributed by atoms with Crippen LogP contribution < -0.4 is 5.73 Å². The van der Waals surface area contributed by atoms with Crippen molar-refractivity contribution < 1.29 is 20.1 Å². The molecule has 0 radical (unpaired) electrons. The van der Waals surface area contributed by atoms with Gasteiger partial charge in [-0.1, -0.05) is 0 Å². The van der Waals surface area contributed by atoms with E-state index < -0.39 is 24.5 Å². The molecule has 3 rings (SSSR count). The van der Waals surface area contributed by atoms with Crippen molar-refractivity contribution in [3.05, 3.63) is 12.7 Å². The van der Waals surface area contributed by atoms with Crippen LogP contribution in [0, 0.1) is 0 Å². The smallest absolute Gasteiger partial charge is 0.167 e. The van der Waals surface area contributed by atoms with Crippen LogP contribution in [0.4, 0.5) is 5.82 Å². The van der Waals surface area contributed by atoms with Gasteiger partial charge in [0.05, 0.1) is 19.0 Å². The van der Waals surface area contributed by atoms with E-state index >= 15 is 0 Å². The molecule has 0 saturated carbocycles. The number of anilines is 1. The Balaban J connectivity index is 1.83. The van der Waals surface area contributed by atoms with E-state index in [0.29, 0.717) is 22.7 Å². The molecule has 0 aliphatic carbocycles. The molecule has 2 aromatic rings. The minimum absolute atomic E-state index is 0.0574. The minimum atomic E-state index is -1.10. The molecule has 1 fully saturated rings. The number of nitrogen functional groups attached to an aromatic ring is 1. The molecule has 5 N–H and O–H groups in total. The van der Waals surface area contributed by atoms with Gasteiger partial charge in [0.2, 0.25) is 0 Å². The molecule has 2 aromatic heterocycles. The van der Waals surface area contributed by atoms with Gasteiger partial charge in [0, 0.05) is 11.5 Å². The number of imidazole rings is 1. The fourth-order valence-corrected chi connectivity index (χ4v) is 3.22. The number of fused-ring (bicyclic) bond motifs is 1. The summed E-state index contributed by atoms with van der Waals surface area (Å²) in [6.45, 7) is 0.0574. The first-order valence-corrected chi connectivity index (χ1v) is 7.92. The lowest BCUT2D eigenvalue weighted by molar-refractivity contribution is -0.0289. The summed E-state index contributed by atoms with van der Waals surface area (Å²) in [4.78, 5) is 12.1. The lowest BCUT2D eigenvalue weighted by atomic mass is 10.1. The number of aliphatic hydroxyl groups is 3. The molecular weight excluding hydrogens is 310 g/mol. The van der Waals surface area contributed by atoms with Gasteiger partial charge < -0.3 is 25.8 Å². The molecule has 3 heterocycles. The summed E-state index contributed by atoms with van der Waals surface area (Å²) in [5, 5.41) is 29.1. The molecule has 10 heteroatoms. The van der Waals surface area contributed by atoms with Crippen molar-refractivity contribution in [3.63, 3.8) is 0 Å². The Kier molecular flexibility index (Phi) is 4.45. The minimum Gasteiger partial charge on any atom is -0.396 e. The Bertz CT molecular complexity index is 653. The highest BCUT2D eigenvalue weighted by Crippen LogP contribution is 2.33. The standard InChI is InChI=1S/C12H17N5O4S/c13-10-7-11(15-4-14-10)17(5-16-7)12-9(20)8(19)6(21-12)3-22-2-1-18/h4-6,8-9,12,18-20H,1-3H2,(H2,13,14,15)/t6-,8+,9-,12-/m1/s1. The maximum absolute atomic E-state index is 10.2. The summed E-state index contributed by atoms with van der Waals surface area (Å²) >= 11 is 1.45. The second-order valence-corrected chi connectivity index (χ2v) is 6.08. The van der Waals surface area contributed by atoms with Crippen molar-refractivity contribution in [3.8, 4) is 0 Å². The molecule has 9 nitrogen and oxygen atoms in total. The highest BCUT2D eigenvalue weighted by atomic mass is 32.2. The number of hydrogen-bond acceptors (Lipinski definition) is 9. The molecule has 22 heavy (non-hydrogen) atoms. The van der Waals surface area contributed by atoms with Gasteiger partial charge in [0.1, 0.15) is 24.1 Å². The highest BCUT2D eigenvalue weighted by Gasteiger charge is 2.44. The number of nitrogens with zero attached hydrogens (tertiary/aromatic N) is 4. The number of rotatable bonds is 5. The second-order valence-electron chi connectivity index (χ2n) is 4.93. The normalized spacial score (nSPS) is 28.5. The van der Waals surface area contributed by atoms with Gasteiger partial charge in [-0.05, 0) is 0 Å². The largest absolute Gasteiger partial charge is 0.396 e. The van der Waals surface area contributed by atoms with Crippen molar-refractivity contribution in [2.75, 3.05) is 23.8 Å². The summed E-state index contributed by atoms with van der Waals surface area (Å²) in [5.74, 6) is 1.26. The molecule has 0 spiro atoms. The van der Waals surface area contributed by atoms with Gasteiger partial charge >= 0.3 is 0 Å². The molecule has 120 valence electrons. The third-order valence-corrected chi connectivity index (χ3v) is 4.55. The van der Waals surface area contributed by atoms with Crippen LogP contribution in [0.1, 0.15) is 6.23 Å². The Hall–Kier alpha value is -1.46. The number of thioether (sulfide) groups is 1. The molecule has 0 bridgehead atoms. The van der Waals surface area contributed by atoms with E-state index in [4.69, 9.17) is 15.6 Å². The van der Waals surface area contributed by atoms with Crippen molar-refractivity contribution in [1.82, 2.24) is 19.5 Å². The van der Waals surface area contributed by atoms with Gasteiger partial charge in [-0.2, -0.15) is 11.8 Å². The van der Waals surface area contributed by atoms with Gasteiger partial charge in [-0.3, -0.25) is 4.57 Å². The molecule has 1 aliphatic heterocycles. The van der Waals surface area contributed by atoms with Gasteiger partial charge in [-0.25, -0.2) is 15.0 Å². The Labute approximate surface area is 130 Å². The first-order chi connectivity index (χ1) is 10.6. The van der Waals surface area contributed by atoms with Crippen molar-refractivity contribution in [1.29, 1.82) is 0 Å². The van der Waals surface area contributed by atoms with Gasteiger partial charge in [-0.15, -0.1) is 0 Å². The summed E-state index contributed by atoms with van der Waals surface area (Å²) in [5.41, 5.74) is 6.59. The number of hydrogen-bond donors (Lipinski definition) is 4. The lowest BCUT2D eigenvalue weighted by Crippen LogP contribution is -2.32. The molecule has 0 amide bonds. The van der Waals surface area contributed by atoms with Crippen LogP contribution in [0.3, 0.4) is 0 Å². The highest BCUT2D eigenvalue weighted by molar-refractivity contribution is 7.99. The third-order valence-electron chi connectivity index (χ3n) is 3.52. The predicted molar refractivity (Wildman–Crippen MR) is 80.1 cm³/mol. The summed E-state index contributed by atoms with van der Waals surface area (Å²) < 4.78 is 7.28. The van der Waals surface area contributed by atoms with Crippen LogP contribution in [0.15, 0.2) is 12.7 Å². The van der Waals surface area contributed by atoms with E-state index in [-0.39, 0.29) is 12.4 Å². The van der Waals surface area contributed by atoms with Crippen LogP contribution in [0.5, 0.6) is 0 Å². The average molecular weight is 327 g/mol. The molecule has 1 saturated heterocycles. The van der Waals surface area contributed by atoms with Crippen molar-refractivity contribution in [2.24, 2.45) is 0 Å². The number of aromatic nitrogens is 4. The monoisotopic (exact) mass is 327 g/mol. The first kappa shape index (κ1) is 15.4. The molecule has 0 aromatic carbocycles.